The van der Waals surface area contributed by atoms with Gasteiger partial charge in [0.2, 0.25) is 0 Å². The quantitative estimate of drug-likeness (QED) is 0.647. The van der Waals surface area contributed by atoms with Gasteiger partial charge in [-0.15, -0.1) is 0 Å². The van der Waals surface area contributed by atoms with Crippen molar-refractivity contribution in [3.8, 4) is 0 Å². The van der Waals surface area contributed by atoms with Crippen LogP contribution in [0.1, 0.15) is 37.4 Å². The lowest BCUT2D eigenvalue weighted by Crippen LogP contribution is -1.90. The van der Waals surface area contributed by atoms with Crippen molar-refractivity contribution in [2.24, 2.45) is 0 Å². The Bertz CT molecular complexity index is 214. The van der Waals surface area contributed by atoms with Crippen LogP contribution in [0.2, 0.25) is 0 Å². The molecule has 0 N–H and O–H groups in total. The minimum absolute atomic E-state index is 0.0266. The Morgan fingerprint density at radius 3 is 2.45 bits per heavy atom. The molecule has 1 aromatic heterocycles. The Kier molecular flexibility index (Phi) is 2.55. The van der Waals surface area contributed by atoms with E-state index >= 15 is 0 Å². The lowest BCUT2D eigenvalue weighted by molar-refractivity contribution is 0.312. The summed E-state index contributed by atoms with van der Waals surface area (Å²) in [7, 11) is 1.95. The second-order valence-corrected chi connectivity index (χ2v) is 3.13. The number of hydrogen-bond donors (Lipinski definition) is 0. The van der Waals surface area contributed by atoms with Gasteiger partial charge in [0.25, 0.3) is 5.89 Å². The summed E-state index contributed by atoms with van der Waals surface area (Å²) in [5.74, 6) is -0.505. The zero-order valence-electron chi connectivity index (χ0n) is 6.41. The van der Waals surface area contributed by atoms with Crippen LogP contribution in [-0.2, 0) is 0 Å². The van der Waals surface area contributed by atoms with Crippen LogP contribution in [-0.4, -0.2) is 10.1 Å². The van der Waals surface area contributed by atoms with E-state index in [1.807, 2.05) is 23.1 Å². The second-order valence-electron chi connectivity index (χ2n) is 2.55. The van der Waals surface area contributed by atoms with Crippen molar-refractivity contribution in [2.75, 3.05) is 0 Å². The zero-order valence-corrected chi connectivity index (χ0v) is 7.57. The van der Waals surface area contributed by atoms with E-state index in [-0.39, 0.29) is 11.8 Å². The molecule has 2 unspecified atom stereocenters. The lowest BCUT2D eigenvalue weighted by Gasteiger charge is -1.92. The molecule has 0 saturated heterocycles. The fourth-order valence-corrected chi connectivity index (χ4v) is 0.729. The van der Waals surface area contributed by atoms with Gasteiger partial charge in [0, 0.05) is 5.92 Å². The van der Waals surface area contributed by atoms with Gasteiger partial charge in [-0.25, -0.2) is 4.39 Å². The summed E-state index contributed by atoms with van der Waals surface area (Å²) in [6.45, 7) is 3.84. The number of halogens is 1. The summed E-state index contributed by atoms with van der Waals surface area (Å²) in [5, 5.41) is 3.60. The highest BCUT2D eigenvalue weighted by molar-refractivity contribution is 7.16. The van der Waals surface area contributed by atoms with E-state index in [9.17, 15) is 4.39 Å². The van der Waals surface area contributed by atoms with Crippen molar-refractivity contribution in [2.45, 2.75) is 25.7 Å². The summed E-state index contributed by atoms with van der Waals surface area (Å²) in [6.07, 6.45) is 0. The van der Waals surface area contributed by atoms with E-state index in [1.165, 1.54) is 0 Å². The van der Waals surface area contributed by atoms with Crippen LogP contribution < -0.4 is 0 Å². The van der Waals surface area contributed by atoms with Gasteiger partial charge in [0.1, 0.15) is 0 Å². The Morgan fingerprint density at radius 1 is 1.55 bits per heavy atom. The third-order valence-electron chi connectivity index (χ3n) is 1.21. The smallest absolute Gasteiger partial charge is 0.264 e. The number of alkyl halides is 1. The molecule has 0 aliphatic heterocycles. The van der Waals surface area contributed by atoms with Crippen molar-refractivity contribution in [3.05, 3.63) is 11.7 Å². The largest absolute Gasteiger partial charge is 0.336 e. The number of rotatable bonds is 2. The van der Waals surface area contributed by atoms with Crippen LogP contribution in [0.4, 0.5) is 4.39 Å². The van der Waals surface area contributed by atoms with E-state index in [1.54, 1.807) is 0 Å². The van der Waals surface area contributed by atoms with E-state index in [0.717, 1.165) is 0 Å². The first-order chi connectivity index (χ1) is 5.11. The molecule has 5 heteroatoms. The van der Waals surface area contributed by atoms with Crippen molar-refractivity contribution < 1.29 is 8.91 Å². The Morgan fingerprint density at radius 2 is 2.18 bits per heavy atom. The van der Waals surface area contributed by atoms with Gasteiger partial charge in [-0.3, -0.25) is 0 Å². The molecule has 1 rings (SSSR count). The highest BCUT2D eigenvalue weighted by Crippen LogP contribution is 2.23. The molecule has 0 bridgehead atoms. The maximum Gasteiger partial charge on any atom is 0.264 e. The van der Waals surface area contributed by atoms with Gasteiger partial charge in [-0.05, 0) is 0 Å². The minimum Gasteiger partial charge on any atom is -0.336 e. The summed E-state index contributed by atoms with van der Waals surface area (Å²) in [4.78, 5) is 3.84. The molecule has 1 heterocycles. The third kappa shape index (κ3) is 1.96. The first-order valence-corrected chi connectivity index (χ1v) is 4.01. The Labute approximate surface area is 66.6 Å². The molecule has 11 heavy (non-hydrogen) atoms. The molecule has 0 amide bonds. The van der Waals surface area contributed by atoms with Gasteiger partial charge in [-0.1, -0.05) is 28.2 Å². The van der Waals surface area contributed by atoms with Crippen LogP contribution in [0.5, 0.6) is 0 Å². The standard InChI is InChI=1S/C6H10FN2OP/c1-3(2)5-8-6(4(7)11)10-9-5/h3-4H,11H2,1-2H3. The normalized spacial score (nSPS) is 13.9. The lowest BCUT2D eigenvalue weighted by atomic mass is 10.2. The van der Waals surface area contributed by atoms with Gasteiger partial charge < -0.3 is 4.52 Å². The number of nitrogens with zero attached hydrogens (tertiary/aromatic N) is 2. The zero-order chi connectivity index (χ0) is 8.43. The SMILES string of the molecule is CC(C)c1noc(C(F)P)n1. The first kappa shape index (κ1) is 8.60. The van der Waals surface area contributed by atoms with Gasteiger partial charge >= 0.3 is 0 Å². The molecule has 2 atom stereocenters. The fraction of sp³-hybridized carbons (Fsp3) is 0.667. The average molecular weight is 176 g/mol. The van der Waals surface area contributed by atoms with E-state index < -0.39 is 5.91 Å². The van der Waals surface area contributed by atoms with E-state index in [4.69, 9.17) is 0 Å². The van der Waals surface area contributed by atoms with Crippen LogP contribution in [0.15, 0.2) is 4.52 Å². The molecule has 1 aromatic rings. The molecule has 0 aromatic carbocycles. The fourth-order valence-electron chi connectivity index (χ4n) is 0.594. The number of aromatic nitrogens is 2. The monoisotopic (exact) mass is 176 g/mol. The Balaban J connectivity index is 2.82. The Hall–Kier alpha value is -0.500. The van der Waals surface area contributed by atoms with Gasteiger partial charge in [-0.2, -0.15) is 4.98 Å². The molecular weight excluding hydrogens is 166 g/mol. The molecule has 0 radical (unpaired) electrons. The highest BCUT2D eigenvalue weighted by atomic mass is 31.0. The van der Waals surface area contributed by atoms with E-state index in [0.29, 0.717) is 5.82 Å². The van der Waals surface area contributed by atoms with Crippen molar-refractivity contribution in [3.63, 3.8) is 0 Å². The first-order valence-electron chi connectivity index (χ1n) is 3.34. The van der Waals surface area contributed by atoms with Crippen LogP contribution >= 0.6 is 9.24 Å². The highest BCUT2D eigenvalue weighted by Gasteiger charge is 2.14. The summed E-state index contributed by atoms with van der Waals surface area (Å²) < 4.78 is 17.1. The summed E-state index contributed by atoms with van der Waals surface area (Å²) in [6, 6.07) is 0. The van der Waals surface area contributed by atoms with Crippen LogP contribution in [0, 0.1) is 0 Å². The maximum absolute atomic E-state index is 12.5. The number of hydrogen-bond acceptors (Lipinski definition) is 3. The average Bonchev–Trinajstić information content (AvgIpc) is 2.33. The molecule has 0 spiro atoms. The van der Waals surface area contributed by atoms with E-state index in [2.05, 4.69) is 14.7 Å². The molecule has 3 nitrogen and oxygen atoms in total. The van der Waals surface area contributed by atoms with Crippen LogP contribution in [0.25, 0.3) is 0 Å². The molecule has 62 valence electrons. The summed E-state index contributed by atoms with van der Waals surface area (Å²) >= 11 is 0. The molecule has 0 fully saturated rings. The predicted molar refractivity (Wildman–Crippen MR) is 41.9 cm³/mol. The molecule has 0 aliphatic carbocycles. The molecule has 0 aliphatic rings. The predicted octanol–water partition coefficient (Wildman–Crippen LogP) is 2.04. The van der Waals surface area contributed by atoms with Gasteiger partial charge in [0.05, 0.1) is 0 Å². The van der Waals surface area contributed by atoms with Crippen molar-refractivity contribution in [1.29, 1.82) is 0 Å². The molecule has 0 saturated carbocycles. The summed E-state index contributed by atoms with van der Waals surface area (Å²) in [5.41, 5.74) is 0. The topological polar surface area (TPSA) is 38.9 Å². The van der Waals surface area contributed by atoms with Gasteiger partial charge in [0.15, 0.2) is 11.7 Å². The minimum atomic E-state index is -1.25. The maximum atomic E-state index is 12.5. The third-order valence-corrected chi connectivity index (χ3v) is 1.49. The molecular formula is C6H10FN2OP. The van der Waals surface area contributed by atoms with Crippen LogP contribution in [0.3, 0.4) is 0 Å². The second kappa shape index (κ2) is 3.26. The van der Waals surface area contributed by atoms with Crippen molar-refractivity contribution >= 4 is 9.24 Å². The van der Waals surface area contributed by atoms with Crippen molar-refractivity contribution in [1.82, 2.24) is 10.1 Å².